The second-order valence-corrected chi connectivity index (χ2v) is 6.04. The summed E-state index contributed by atoms with van der Waals surface area (Å²) in [7, 11) is 1.63. The number of ether oxygens (including phenoxy) is 2. The molecule has 0 aliphatic rings. The van der Waals surface area contributed by atoms with Crippen LogP contribution in [0.3, 0.4) is 0 Å². The van der Waals surface area contributed by atoms with Gasteiger partial charge in [0.15, 0.2) is 0 Å². The second kappa shape index (κ2) is 8.56. The topological polar surface area (TPSA) is 38.8 Å². The molecule has 4 nitrogen and oxygen atoms in total. The standard InChI is InChI=1S/C21H27NO3/c1-6-22(7-2)21(23)17-9-11-20(24-5)18(13-17)14-25-19-10-8-15(3)16(4)12-19/h8-13H,6-7,14H2,1-5H3. The molecule has 0 saturated heterocycles. The van der Waals surface area contributed by atoms with Crippen LogP contribution < -0.4 is 9.47 Å². The molecule has 0 aromatic heterocycles. The molecule has 0 unspecified atom stereocenters. The van der Waals surface area contributed by atoms with Crippen LogP contribution in [-0.4, -0.2) is 31.0 Å². The van der Waals surface area contributed by atoms with E-state index in [4.69, 9.17) is 9.47 Å². The van der Waals surface area contributed by atoms with Gasteiger partial charge in [0.25, 0.3) is 5.91 Å². The highest BCUT2D eigenvalue weighted by molar-refractivity contribution is 5.94. The van der Waals surface area contributed by atoms with Gasteiger partial charge < -0.3 is 14.4 Å². The van der Waals surface area contributed by atoms with Gasteiger partial charge in [0, 0.05) is 24.2 Å². The lowest BCUT2D eigenvalue weighted by molar-refractivity contribution is 0.0772. The number of nitrogens with zero attached hydrogens (tertiary/aromatic N) is 1. The first-order valence-electron chi connectivity index (χ1n) is 8.66. The van der Waals surface area contributed by atoms with Crippen LogP contribution in [-0.2, 0) is 6.61 Å². The van der Waals surface area contributed by atoms with Crippen molar-refractivity contribution < 1.29 is 14.3 Å². The average molecular weight is 341 g/mol. The summed E-state index contributed by atoms with van der Waals surface area (Å²) in [4.78, 5) is 14.4. The Kier molecular flexibility index (Phi) is 6.45. The summed E-state index contributed by atoms with van der Waals surface area (Å²) < 4.78 is 11.3. The van der Waals surface area contributed by atoms with Crippen molar-refractivity contribution in [3.63, 3.8) is 0 Å². The Balaban J connectivity index is 2.21. The molecule has 0 bridgehead atoms. The minimum absolute atomic E-state index is 0.0279. The summed E-state index contributed by atoms with van der Waals surface area (Å²) in [6.45, 7) is 9.83. The quantitative estimate of drug-likeness (QED) is 0.750. The molecule has 0 aliphatic carbocycles. The van der Waals surface area contributed by atoms with Crippen molar-refractivity contribution in [2.24, 2.45) is 0 Å². The molecule has 2 aromatic carbocycles. The number of rotatable bonds is 7. The van der Waals surface area contributed by atoms with E-state index in [1.807, 2.05) is 44.2 Å². The Morgan fingerprint density at radius 2 is 1.72 bits per heavy atom. The summed E-state index contributed by atoms with van der Waals surface area (Å²) in [6.07, 6.45) is 0. The Bertz CT molecular complexity index is 736. The molecule has 0 N–H and O–H groups in total. The zero-order chi connectivity index (χ0) is 18.4. The van der Waals surface area contributed by atoms with Gasteiger partial charge in [-0.3, -0.25) is 4.79 Å². The van der Waals surface area contributed by atoms with E-state index in [1.54, 1.807) is 18.1 Å². The summed E-state index contributed by atoms with van der Waals surface area (Å²) >= 11 is 0. The maximum atomic E-state index is 12.6. The third-order valence-corrected chi connectivity index (χ3v) is 4.45. The highest BCUT2D eigenvalue weighted by atomic mass is 16.5. The number of carbonyl (C=O) groups excluding carboxylic acids is 1. The number of carbonyl (C=O) groups is 1. The van der Waals surface area contributed by atoms with Gasteiger partial charge >= 0.3 is 0 Å². The first kappa shape index (κ1) is 18.8. The lowest BCUT2D eigenvalue weighted by Gasteiger charge is -2.19. The van der Waals surface area contributed by atoms with E-state index in [1.165, 1.54) is 11.1 Å². The molecule has 0 aliphatic heterocycles. The molecule has 0 atom stereocenters. The van der Waals surface area contributed by atoms with Gasteiger partial charge in [-0.15, -0.1) is 0 Å². The Labute approximate surface area is 150 Å². The SMILES string of the molecule is CCN(CC)C(=O)c1ccc(OC)c(COc2ccc(C)c(C)c2)c1. The number of hydrogen-bond donors (Lipinski definition) is 0. The summed E-state index contributed by atoms with van der Waals surface area (Å²) in [5, 5.41) is 0. The monoisotopic (exact) mass is 341 g/mol. The fourth-order valence-corrected chi connectivity index (χ4v) is 2.68. The van der Waals surface area contributed by atoms with Gasteiger partial charge in [0.05, 0.1) is 7.11 Å². The van der Waals surface area contributed by atoms with E-state index in [9.17, 15) is 4.79 Å². The molecule has 2 aromatic rings. The highest BCUT2D eigenvalue weighted by Gasteiger charge is 2.15. The predicted octanol–water partition coefficient (Wildman–Crippen LogP) is 4.37. The van der Waals surface area contributed by atoms with Crippen LogP contribution in [0.1, 0.15) is 40.9 Å². The maximum absolute atomic E-state index is 12.6. The van der Waals surface area contributed by atoms with Crippen LogP contribution in [0.4, 0.5) is 0 Å². The van der Waals surface area contributed by atoms with E-state index < -0.39 is 0 Å². The van der Waals surface area contributed by atoms with Gasteiger partial charge in [-0.1, -0.05) is 6.07 Å². The van der Waals surface area contributed by atoms with Crippen LogP contribution in [0.25, 0.3) is 0 Å². The Morgan fingerprint density at radius 3 is 2.32 bits per heavy atom. The van der Waals surface area contributed by atoms with E-state index in [-0.39, 0.29) is 5.91 Å². The second-order valence-electron chi connectivity index (χ2n) is 6.04. The van der Waals surface area contributed by atoms with Gasteiger partial charge in [-0.05, 0) is 69.2 Å². The number of benzene rings is 2. The third-order valence-electron chi connectivity index (χ3n) is 4.45. The minimum Gasteiger partial charge on any atom is -0.496 e. The van der Waals surface area contributed by atoms with E-state index in [2.05, 4.69) is 13.8 Å². The molecule has 0 fully saturated rings. The molecular formula is C21H27NO3. The summed E-state index contributed by atoms with van der Waals surface area (Å²) in [5.74, 6) is 1.56. The van der Waals surface area contributed by atoms with Crippen molar-refractivity contribution in [2.75, 3.05) is 20.2 Å². The average Bonchev–Trinajstić information content (AvgIpc) is 2.63. The first-order valence-corrected chi connectivity index (χ1v) is 8.66. The van der Waals surface area contributed by atoms with Crippen molar-refractivity contribution in [1.29, 1.82) is 0 Å². The molecule has 0 saturated carbocycles. The molecule has 0 heterocycles. The van der Waals surface area contributed by atoms with Crippen LogP contribution in [0.2, 0.25) is 0 Å². The zero-order valence-corrected chi connectivity index (χ0v) is 15.8. The summed E-state index contributed by atoms with van der Waals surface area (Å²) in [6, 6.07) is 11.5. The first-order chi connectivity index (χ1) is 12.0. The van der Waals surface area contributed by atoms with Crippen LogP contribution in [0.5, 0.6) is 11.5 Å². The van der Waals surface area contributed by atoms with E-state index in [0.717, 1.165) is 17.1 Å². The Hall–Kier alpha value is -2.49. The fraction of sp³-hybridized carbons (Fsp3) is 0.381. The lowest BCUT2D eigenvalue weighted by atomic mass is 10.1. The molecule has 1 amide bonds. The van der Waals surface area contributed by atoms with Crippen molar-refractivity contribution in [2.45, 2.75) is 34.3 Å². The van der Waals surface area contributed by atoms with Gasteiger partial charge in [0.1, 0.15) is 18.1 Å². The number of hydrogen-bond acceptors (Lipinski definition) is 3. The normalized spacial score (nSPS) is 10.4. The van der Waals surface area contributed by atoms with E-state index in [0.29, 0.717) is 25.3 Å². The van der Waals surface area contributed by atoms with Gasteiger partial charge in [0.2, 0.25) is 0 Å². The zero-order valence-electron chi connectivity index (χ0n) is 15.8. The molecule has 2 rings (SSSR count). The van der Waals surface area contributed by atoms with Crippen LogP contribution in [0, 0.1) is 13.8 Å². The molecule has 25 heavy (non-hydrogen) atoms. The fourth-order valence-electron chi connectivity index (χ4n) is 2.68. The van der Waals surface area contributed by atoms with Crippen LogP contribution in [0.15, 0.2) is 36.4 Å². The maximum Gasteiger partial charge on any atom is 0.253 e. The van der Waals surface area contributed by atoms with Crippen LogP contribution >= 0.6 is 0 Å². The predicted molar refractivity (Wildman–Crippen MR) is 100 cm³/mol. The molecule has 0 spiro atoms. The molecular weight excluding hydrogens is 314 g/mol. The molecule has 0 radical (unpaired) electrons. The highest BCUT2D eigenvalue weighted by Crippen LogP contribution is 2.24. The largest absolute Gasteiger partial charge is 0.496 e. The van der Waals surface area contributed by atoms with Gasteiger partial charge in [-0.2, -0.15) is 0 Å². The Morgan fingerprint density at radius 1 is 1.00 bits per heavy atom. The smallest absolute Gasteiger partial charge is 0.253 e. The van der Waals surface area contributed by atoms with E-state index >= 15 is 0 Å². The minimum atomic E-state index is 0.0279. The van der Waals surface area contributed by atoms with Crippen molar-refractivity contribution in [3.8, 4) is 11.5 Å². The van der Waals surface area contributed by atoms with Crippen molar-refractivity contribution in [1.82, 2.24) is 4.90 Å². The number of aryl methyl sites for hydroxylation is 2. The summed E-state index contributed by atoms with van der Waals surface area (Å²) in [5.41, 5.74) is 3.94. The van der Waals surface area contributed by atoms with Gasteiger partial charge in [-0.25, -0.2) is 0 Å². The van der Waals surface area contributed by atoms with Crippen molar-refractivity contribution >= 4 is 5.91 Å². The molecule has 4 heteroatoms. The van der Waals surface area contributed by atoms with Crippen molar-refractivity contribution in [3.05, 3.63) is 58.7 Å². The third kappa shape index (κ3) is 4.53. The number of methoxy groups -OCH3 is 1. The number of amides is 1. The molecule has 134 valence electrons. The lowest BCUT2D eigenvalue weighted by Crippen LogP contribution is -2.30.